The highest BCUT2D eigenvalue weighted by Crippen LogP contribution is 2.26. The standard InChI is InChI=1S/C20H20ClN7O2S2/c1-32(29,30)28-6-4-27(5-7-28)12-14-8-15(21)10-16(9-14)25-20-23-3-2-17(26-20)19-18(11-22)31-13-24-19/h2-3,8-10,13H,4-7,12H2,1H3,(H,23,25,26). The molecular formula is C20H20ClN7O2S2. The Morgan fingerprint density at radius 2 is 2.00 bits per heavy atom. The van der Waals surface area contributed by atoms with Crippen molar-refractivity contribution in [1.29, 1.82) is 5.26 Å². The molecule has 0 bridgehead atoms. The molecule has 0 aliphatic carbocycles. The van der Waals surface area contributed by atoms with Crippen LogP contribution in [0.2, 0.25) is 5.02 Å². The van der Waals surface area contributed by atoms with Gasteiger partial charge in [0.2, 0.25) is 16.0 Å². The Labute approximate surface area is 195 Å². The molecule has 2 aromatic heterocycles. The second kappa shape index (κ2) is 9.48. The van der Waals surface area contributed by atoms with E-state index in [1.54, 1.807) is 23.8 Å². The first-order valence-corrected chi connectivity index (χ1v) is 12.8. The molecule has 166 valence electrons. The van der Waals surface area contributed by atoms with Crippen LogP contribution < -0.4 is 5.32 Å². The van der Waals surface area contributed by atoms with Crippen LogP contribution in [0.3, 0.4) is 0 Å². The zero-order chi connectivity index (χ0) is 22.7. The van der Waals surface area contributed by atoms with Gasteiger partial charge >= 0.3 is 0 Å². The van der Waals surface area contributed by atoms with E-state index in [9.17, 15) is 13.7 Å². The summed E-state index contributed by atoms with van der Waals surface area (Å²) in [4.78, 5) is 15.7. The number of nitrogens with zero attached hydrogens (tertiary/aromatic N) is 6. The summed E-state index contributed by atoms with van der Waals surface area (Å²) in [5, 5.41) is 13.0. The van der Waals surface area contributed by atoms with Gasteiger partial charge in [-0.05, 0) is 29.8 Å². The van der Waals surface area contributed by atoms with Gasteiger partial charge in [0.05, 0.1) is 17.5 Å². The third-order valence-corrected chi connectivity index (χ3v) is 7.24. The molecule has 0 saturated carbocycles. The normalized spacial score (nSPS) is 15.4. The van der Waals surface area contributed by atoms with Crippen molar-refractivity contribution < 1.29 is 8.42 Å². The van der Waals surface area contributed by atoms with E-state index in [-0.39, 0.29) is 0 Å². The van der Waals surface area contributed by atoms with Crippen molar-refractivity contribution in [3.05, 3.63) is 51.4 Å². The smallest absolute Gasteiger partial charge is 0.227 e. The topological polar surface area (TPSA) is 115 Å². The molecular weight excluding hydrogens is 470 g/mol. The fourth-order valence-corrected chi connectivity index (χ4v) is 5.15. The van der Waals surface area contributed by atoms with E-state index < -0.39 is 10.0 Å². The van der Waals surface area contributed by atoms with Crippen molar-refractivity contribution in [2.24, 2.45) is 0 Å². The summed E-state index contributed by atoms with van der Waals surface area (Å²) in [6.07, 6.45) is 2.85. The van der Waals surface area contributed by atoms with Crippen molar-refractivity contribution in [2.45, 2.75) is 6.54 Å². The number of piperazine rings is 1. The molecule has 3 aromatic rings. The van der Waals surface area contributed by atoms with E-state index in [1.165, 1.54) is 21.9 Å². The molecule has 1 fully saturated rings. The number of nitrogens with one attached hydrogen (secondary N) is 1. The Kier molecular flexibility index (Phi) is 6.68. The van der Waals surface area contributed by atoms with Crippen molar-refractivity contribution in [1.82, 2.24) is 24.2 Å². The molecule has 1 aromatic carbocycles. The van der Waals surface area contributed by atoms with Crippen LogP contribution in [0.5, 0.6) is 0 Å². The van der Waals surface area contributed by atoms with Crippen LogP contribution in [0.1, 0.15) is 10.4 Å². The average molecular weight is 490 g/mol. The summed E-state index contributed by atoms with van der Waals surface area (Å²) < 4.78 is 24.9. The largest absolute Gasteiger partial charge is 0.324 e. The van der Waals surface area contributed by atoms with Gasteiger partial charge in [0.1, 0.15) is 16.6 Å². The summed E-state index contributed by atoms with van der Waals surface area (Å²) in [6, 6.07) is 9.47. The highest BCUT2D eigenvalue weighted by atomic mass is 35.5. The van der Waals surface area contributed by atoms with Gasteiger partial charge in [-0.25, -0.2) is 23.4 Å². The van der Waals surface area contributed by atoms with Crippen molar-refractivity contribution in [2.75, 3.05) is 37.8 Å². The number of nitriles is 1. The van der Waals surface area contributed by atoms with E-state index in [0.29, 0.717) is 60.0 Å². The maximum atomic E-state index is 11.7. The number of thiazole rings is 1. The van der Waals surface area contributed by atoms with E-state index >= 15 is 0 Å². The first-order chi connectivity index (χ1) is 15.3. The van der Waals surface area contributed by atoms with Crippen molar-refractivity contribution >= 4 is 44.6 Å². The minimum Gasteiger partial charge on any atom is -0.324 e. The lowest BCUT2D eigenvalue weighted by atomic mass is 10.1. The van der Waals surface area contributed by atoms with Gasteiger partial charge in [0, 0.05) is 49.6 Å². The molecule has 9 nitrogen and oxygen atoms in total. The molecule has 0 spiro atoms. The highest BCUT2D eigenvalue weighted by molar-refractivity contribution is 7.88. The molecule has 1 saturated heterocycles. The number of benzene rings is 1. The van der Waals surface area contributed by atoms with E-state index in [1.807, 2.05) is 12.1 Å². The fraction of sp³-hybridized carbons (Fsp3) is 0.300. The van der Waals surface area contributed by atoms with Crippen LogP contribution in [-0.2, 0) is 16.6 Å². The molecule has 4 rings (SSSR count). The van der Waals surface area contributed by atoms with Gasteiger partial charge < -0.3 is 5.32 Å². The van der Waals surface area contributed by atoms with Gasteiger partial charge in [0.25, 0.3) is 0 Å². The van der Waals surface area contributed by atoms with E-state index in [4.69, 9.17) is 11.6 Å². The molecule has 1 aliphatic heterocycles. The van der Waals surface area contributed by atoms with Gasteiger partial charge in [-0.1, -0.05) is 11.6 Å². The van der Waals surface area contributed by atoms with Gasteiger partial charge in [-0.15, -0.1) is 11.3 Å². The minimum atomic E-state index is -3.15. The van der Waals surface area contributed by atoms with E-state index in [2.05, 4.69) is 31.2 Å². The zero-order valence-electron chi connectivity index (χ0n) is 17.2. The number of aromatic nitrogens is 3. The van der Waals surface area contributed by atoms with Crippen molar-refractivity contribution in [3.8, 4) is 17.5 Å². The number of hydrogen-bond acceptors (Lipinski definition) is 9. The molecule has 0 unspecified atom stereocenters. The van der Waals surface area contributed by atoms with Crippen LogP contribution in [-0.4, -0.2) is 65.0 Å². The average Bonchev–Trinajstić information content (AvgIpc) is 3.22. The predicted molar refractivity (Wildman–Crippen MR) is 124 cm³/mol. The maximum Gasteiger partial charge on any atom is 0.227 e. The highest BCUT2D eigenvalue weighted by Gasteiger charge is 2.23. The third kappa shape index (κ3) is 5.40. The van der Waals surface area contributed by atoms with E-state index in [0.717, 1.165) is 11.3 Å². The van der Waals surface area contributed by atoms with Gasteiger partial charge in [-0.2, -0.15) is 9.57 Å². The zero-order valence-corrected chi connectivity index (χ0v) is 19.6. The first-order valence-electron chi connectivity index (χ1n) is 9.73. The van der Waals surface area contributed by atoms with Crippen molar-refractivity contribution in [3.63, 3.8) is 0 Å². The van der Waals surface area contributed by atoms with Crippen LogP contribution >= 0.6 is 22.9 Å². The Morgan fingerprint density at radius 3 is 2.72 bits per heavy atom. The number of hydrogen-bond donors (Lipinski definition) is 1. The first kappa shape index (κ1) is 22.6. The number of rotatable bonds is 6. The summed E-state index contributed by atoms with van der Waals surface area (Å²) >= 11 is 7.60. The monoisotopic (exact) mass is 489 g/mol. The third-order valence-electron chi connectivity index (χ3n) is 4.99. The van der Waals surface area contributed by atoms with Crippen LogP contribution in [0.15, 0.2) is 36.0 Å². The predicted octanol–water partition coefficient (Wildman–Crippen LogP) is 2.95. The van der Waals surface area contributed by atoms with Gasteiger partial charge in [-0.3, -0.25) is 4.90 Å². The van der Waals surface area contributed by atoms with Gasteiger partial charge in [0.15, 0.2) is 0 Å². The second-order valence-electron chi connectivity index (χ2n) is 7.32. The molecule has 0 amide bonds. The quantitative estimate of drug-likeness (QED) is 0.562. The molecule has 12 heteroatoms. The maximum absolute atomic E-state index is 11.7. The Balaban J connectivity index is 1.47. The Hall–Kier alpha value is -2.62. The number of anilines is 2. The minimum absolute atomic E-state index is 0.370. The lowest BCUT2D eigenvalue weighted by molar-refractivity contribution is 0.182. The summed E-state index contributed by atoms with van der Waals surface area (Å²) in [5.41, 5.74) is 4.44. The number of halogens is 1. The van der Waals surface area contributed by atoms with Crippen LogP contribution in [0, 0.1) is 11.3 Å². The molecule has 0 atom stereocenters. The number of sulfonamides is 1. The van der Waals surface area contributed by atoms with Crippen LogP contribution in [0.25, 0.3) is 11.4 Å². The lowest BCUT2D eigenvalue weighted by Gasteiger charge is -2.33. The Morgan fingerprint density at radius 1 is 1.22 bits per heavy atom. The molecule has 1 N–H and O–H groups in total. The summed E-state index contributed by atoms with van der Waals surface area (Å²) in [7, 11) is -3.15. The second-order valence-corrected chi connectivity index (χ2v) is 10.6. The molecule has 1 aliphatic rings. The lowest BCUT2D eigenvalue weighted by Crippen LogP contribution is -2.47. The Bertz CT molecular complexity index is 1260. The molecule has 0 radical (unpaired) electrons. The molecule has 3 heterocycles. The van der Waals surface area contributed by atoms with Crippen LogP contribution in [0.4, 0.5) is 11.6 Å². The summed E-state index contributed by atoms with van der Waals surface area (Å²) in [6.45, 7) is 2.92. The molecule has 32 heavy (non-hydrogen) atoms. The SMILES string of the molecule is CS(=O)(=O)N1CCN(Cc2cc(Cl)cc(Nc3nccc(-c4ncsc4C#N)n3)c2)CC1. The fourth-order valence-electron chi connectivity index (χ4n) is 3.48. The summed E-state index contributed by atoms with van der Waals surface area (Å²) in [5.74, 6) is 0.370.